The van der Waals surface area contributed by atoms with Crippen LogP contribution in [0.5, 0.6) is 0 Å². The van der Waals surface area contributed by atoms with Crippen molar-refractivity contribution in [1.29, 1.82) is 0 Å². The van der Waals surface area contributed by atoms with Crippen molar-refractivity contribution in [2.75, 3.05) is 6.54 Å². The van der Waals surface area contributed by atoms with Crippen molar-refractivity contribution < 1.29 is 19.5 Å². The van der Waals surface area contributed by atoms with Gasteiger partial charge in [-0.25, -0.2) is 4.79 Å². The van der Waals surface area contributed by atoms with Crippen LogP contribution in [0.2, 0.25) is 0 Å². The largest absolute Gasteiger partial charge is 0.480 e. The van der Waals surface area contributed by atoms with E-state index in [0.717, 1.165) is 12.0 Å². The number of carbonyl (C=O) groups excluding carboxylic acids is 2. The van der Waals surface area contributed by atoms with E-state index in [-0.39, 0.29) is 31.1 Å². The molecule has 0 saturated heterocycles. The van der Waals surface area contributed by atoms with Gasteiger partial charge in [-0.1, -0.05) is 37.3 Å². The van der Waals surface area contributed by atoms with Crippen molar-refractivity contribution in [2.24, 2.45) is 0 Å². The van der Waals surface area contributed by atoms with E-state index in [1.807, 2.05) is 37.3 Å². The van der Waals surface area contributed by atoms with Crippen molar-refractivity contribution in [2.45, 2.75) is 45.1 Å². The standard InChI is InChI=1S/C17H24N2O4/c1-2-11-18-15(20)9-6-10-16(21)19-14(17(22)23)12-13-7-4-3-5-8-13/h3-5,7-8,14H,2,6,9-12H2,1H3,(H,18,20)(H,19,21)(H,22,23)/t14-/m1/s1. The first kappa shape index (κ1) is 18.7. The van der Waals surface area contributed by atoms with Gasteiger partial charge in [0.2, 0.25) is 11.8 Å². The third-order valence-corrected chi connectivity index (χ3v) is 3.30. The van der Waals surface area contributed by atoms with Gasteiger partial charge in [-0.05, 0) is 18.4 Å². The minimum Gasteiger partial charge on any atom is -0.480 e. The Bertz CT molecular complexity index is 517. The number of hydrogen-bond donors (Lipinski definition) is 3. The summed E-state index contributed by atoms with van der Waals surface area (Å²) in [6.07, 6.45) is 1.91. The number of hydrogen-bond acceptors (Lipinski definition) is 3. The van der Waals surface area contributed by atoms with Gasteiger partial charge < -0.3 is 15.7 Å². The molecule has 6 heteroatoms. The molecule has 0 aliphatic carbocycles. The van der Waals surface area contributed by atoms with Crippen LogP contribution in [0, 0.1) is 0 Å². The molecule has 0 saturated carbocycles. The second-order valence-corrected chi connectivity index (χ2v) is 5.35. The van der Waals surface area contributed by atoms with Crippen LogP contribution in [0.4, 0.5) is 0 Å². The van der Waals surface area contributed by atoms with Crippen LogP contribution in [0.1, 0.15) is 38.2 Å². The van der Waals surface area contributed by atoms with Crippen LogP contribution >= 0.6 is 0 Å². The predicted molar refractivity (Wildman–Crippen MR) is 86.9 cm³/mol. The Hall–Kier alpha value is -2.37. The Morgan fingerprint density at radius 2 is 1.74 bits per heavy atom. The molecule has 126 valence electrons. The second-order valence-electron chi connectivity index (χ2n) is 5.35. The Labute approximate surface area is 136 Å². The van der Waals surface area contributed by atoms with Crippen molar-refractivity contribution in [1.82, 2.24) is 10.6 Å². The van der Waals surface area contributed by atoms with Crippen molar-refractivity contribution in [3.05, 3.63) is 35.9 Å². The van der Waals surface area contributed by atoms with Gasteiger partial charge in [-0.3, -0.25) is 9.59 Å². The normalized spacial score (nSPS) is 11.5. The third kappa shape index (κ3) is 7.99. The molecule has 2 amide bonds. The Morgan fingerprint density at radius 3 is 2.35 bits per heavy atom. The fraction of sp³-hybridized carbons (Fsp3) is 0.471. The molecule has 1 atom stereocenters. The number of benzene rings is 1. The Morgan fingerprint density at radius 1 is 1.09 bits per heavy atom. The fourth-order valence-electron chi connectivity index (χ4n) is 2.08. The molecule has 1 aromatic rings. The molecule has 0 aliphatic heterocycles. The second kappa shape index (κ2) is 10.4. The summed E-state index contributed by atoms with van der Waals surface area (Å²) >= 11 is 0. The van der Waals surface area contributed by atoms with E-state index in [1.54, 1.807) is 0 Å². The quantitative estimate of drug-likeness (QED) is 0.609. The van der Waals surface area contributed by atoms with E-state index < -0.39 is 12.0 Å². The SMILES string of the molecule is CCCNC(=O)CCCC(=O)N[C@H](Cc1ccccc1)C(=O)O. The van der Waals surface area contributed by atoms with E-state index >= 15 is 0 Å². The van der Waals surface area contributed by atoms with Crippen LogP contribution in [0.3, 0.4) is 0 Å². The summed E-state index contributed by atoms with van der Waals surface area (Å²) in [5.41, 5.74) is 0.846. The van der Waals surface area contributed by atoms with Crippen LogP contribution in [0.25, 0.3) is 0 Å². The fourth-order valence-corrected chi connectivity index (χ4v) is 2.08. The molecule has 0 aromatic heterocycles. The zero-order chi connectivity index (χ0) is 17.1. The summed E-state index contributed by atoms with van der Waals surface area (Å²) in [6, 6.07) is 8.18. The van der Waals surface area contributed by atoms with Crippen molar-refractivity contribution in [3.8, 4) is 0 Å². The molecule has 0 spiro atoms. The van der Waals surface area contributed by atoms with Crippen LogP contribution in [-0.4, -0.2) is 35.5 Å². The third-order valence-electron chi connectivity index (χ3n) is 3.30. The van der Waals surface area contributed by atoms with E-state index in [1.165, 1.54) is 0 Å². The lowest BCUT2D eigenvalue weighted by Crippen LogP contribution is -2.42. The molecule has 0 fully saturated rings. The van der Waals surface area contributed by atoms with Crippen LogP contribution in [0.15, 0.2) is 30.3 Å². The number of carboxylic acids is 1. The maximum atomic E-state index is 11.8. The molecular formula is C17H24N2O4. The zero-order valence-electron chi connectivity index (χ0n) is 13.4. The van der Waals surface area contributed by atoms with Gasteiger partial charge in [0.1, 0.15) is 6.04 Å². The molecule has 0 heterocycles. The highest BCUT2D eigenvalue weighted by Crippen LogP contribution is 2.04. The first-order valence-electron chi connectivity index (χ1n) is 7.85. The zero-order valence-corrected chi connectivity index (χ0v) is 13.4. The van der Waals surface area contributed by atoms with Crippen molar-refractivity contribution in [3.63, 3.8) is 0 Å². The van der Waals surface area contributed by atoms with E-state index in [0.29, 0.717) is 13.0 Å². The van der Waals surface area contributed by atoms with E-state index in [9.17, 15) is 19.5 Å². The van der Waals surface area contributed by atoms with E-state index in [4.69, 9.17) is 0 Å². The van der Waals surface area contributed by atoms with Gasteiger partial charge in [0, 0.05) is 25.8 Å². The number of rotatable bonds is 10. The molecule has 3 N–H and O–H groups in total. The van der Waals surface area contributed by atoms with Gasteiger partial charge in [-0.15, -0.1) is 0 Å². The molecule has 0 bridgehead atoms. The maximum Gasteiger partial charge on any atom is 0.326 e. The van der Waals surface area contributed by atoms with Gasteiger partial charge in [-0.2, -0.15) is 0 Å². The summed E-state index contributed by atoms with van der Waals surface area (Å²) in [5, 5.41) is 14.5. The van der Waals surface area contributed by atoms with Gasteiger partial charge in [0.15, 0.2) is 0 Å². The lowest BCUT2D eigenvalue weighted by Gasteiger charge is -2.14. The minimum absolute atomic E-state index is 0.0845. The highest BCUT2D eigenvalue weighted by atomic mass is 16.4. The summed E-state index contributed by atoms with van der Waals surface area (Å²) in [6.45, 7) is 2.59. The molecule has 0 aliphatic rings. The van der Waals surface area contributed by atoms with Crippen molar-refractivity contribution >= 4 is 17.8 Å². The Kier molecular flexibility index (Phi) is 8.42. The highest BCUT2D eigenvalue weighted by molar-refractivity contribution is 5.84. The van der Waals surface area contributed by atoms with E-state index in [2.05, 4.69) is 10.6 Å². The number of carboxylic acid groups (broad SMARTS) is 1. The predicted octanol–water partition coefficient (Wildman–Crippen LogP) is 1.49. The molecular weight excluding hydrogens is 296 g/mol. The molecule has 23 heavy (non-hydrogen) atoms. The van der Waals surface area contributed by atoms with Gasteiger partial charge in [0.25, 0.3) is 0 Å². The lowest BCUT2D eigenvalue weighted by molar-refractivity contribution is -0.141. The van der Waals surface area contributed by atoms with Gasteiger partial charge in [0.05, 0.1) is 0 Å². The average molecular weight is 320 g/mol. The topological polar surface area (TPSA) is 95.5 Å². The smallest absolute Gasteiger partial charge is 0.326 e. The van der Waals surface area contributed by atoms with Crippen LogP contribution < -0.4 is 10.6 Å². The molecule has 6 nitrogen and oxygen atoms in total. The number of aliphatic carboxylic acids is 1. The average Bonchev–Trinajstić information content (AvgIpc) is 2.53. The molecule has 0 radical (unpaired) electrons. The molecule has 1 aromatic carbocycles. The summed E-state index contributed by atoms with van der Waals surface area (Å²) in [7, 11) is 0. The number of nitrogens with one attached hydrogen (secondary N) is 2. The maximum absolute atomic E-state index is 11.8. The molecule has 0 unspecified atom stereocenters. The Balaban J connectivity index is 2.37. The summed E-state index contributed by atoms with van der Waals surface area (Å²) in [4.78, 5) is 34.5. The minimum atomic E-state index is -1.07. The van der Waals surface area contributed by atoms with Gasteiger partial charge >= 0.3 is 5.97 Å². The first-order valence-corrected chi connectivity index (χ1v) is 7.85. The lowest BCUT2D eigenvalue weighted by atomic mass is 10.1. The monoisotopic (exact) mass is 320 g/mol. The first-order chi connectivity index (χ1) is 11.0. The van der Waals surface area contributed by atoms with Crippen LogP contribution in [-0.2, 0) is 20.8 Å². The highest BCUT2D eigenvalue weighted by Gasteiger charge is 2.20. The number of amides is 2. The molecule has 1 rings (SSSR count). The number of carbonyl (C=O) groups is 3. The summed E-state index contributed by atoms with van der Waals surface area (Å²) in [5.74, 6) is -1.50. The summed E-state index contributed by atoms with van der Waals surface area (Å²) < 4.78 is 0.